The monoisotopic (exact) mass is 462 g/mol. The molecule has 1 rings (SSSR count). The van der Waals surface area contributed by atoms with Gasteiger partial charge in [0.2, 0.25) is 17.7 Å². The smallest absolute Gasteiger partial charge is 0.326 e. The van der Waals surface area contributed by atoms with Gasteiger partial charge in [-0.3, -0.25) is 14.4 Å². The first-order valence-corrected chi connectivity index (χ1v) is 12.2. The first kappa shape index (κ1) is 26.6. The summed E-state index contributed by atoms with van der Waals surface area (Å²) in [5.74, 6) is -1.86. The molecule has 0 aromatic rings. The molecule has 5 atom stereocenters. The zero-order valence-electron chi connectivity index (χ0n) is 17.8. The van der Waals surface area contributed by atoms with Crippen molar-refractivity contribution in [2.24, 2.45) is 11.7 Å². The molecule has 0 aromatic carbocycles. The van der Waals surface area contributed by atoms with Crippen molar-refractivity contribution in [3.05, 3.63) is 0 Å². The largest absolute Gasteiger partial charge is 0.480 e. The van der Waals surface area contributed by atoms with Gasteiger partial charge < -0.3 is 26.4 Å². The summed E-state index contributed by atoms with van der Waals surface area (Å²) in [6, 6.07) is -3.40. The second kappa shape index (κ2) is 13.1. The van der Waals surface area contributed by atoms with Crippen LogP contribution in [0.15, 0.2) is 0 Å². The fourth-order valence-corrected chi connectivity index (χ4v) is 3.93. The standard InChI is InChI=1S/C19H34N4O5S2/c1-4-11(2)15(17(25)21-13(19(27)28)7-9-30-3)22-16(24)14-6-5-8-23(14)18(26)12(20)10-29/h11-15,29H,4-10,20H2,1-3H3,(H,21,25)(H,22,24)(H,27,28). The number of carboxylic acid groups (broad SMARTS) is 1. The molecule has 172 valence electrons. The van der Waals surface area contributed by atoms with E-state index in [1.54, 1.807) is 0 Å². The number of nitrogens with one attached hydrogen (secondary N) is 2. The first-order chi connectivity index (χ1) is 14.2. The molecule has 1 saturated heterocycles. The summed E-state index contributed by atoms with van der Waals surface area (Å²) in [6.45, 7) is 4.13. The van der Waals surface area contributed by atoms with E-state index in [-0.39, 0.29) is 24.0 Å². The number of thiol groups is 1. The third-order valence-electron chi connectivity index (χ3n) is 5.37. The van der Waals surface area contributed by atoms with Gasteiger partial charge >= 0.3 is 5.97 Å². The molecule has 0 aliphatic carbocycles. The number of nitrogens with zero attached hydrogens (tertiary/aromatic N) is 1. The van der Waals surface area contributed by atoms with Crippen LogP contribution < -0.4 is 16.4 Å². The van der Waals surface area contributed by atoms with E-state index in [2.05, 4.69) is 23.3 Å². The van der Waals surface area contributed by atoms with Crippen LogP contribution >= 0.6 is 24.4 Å². The SMILES string of the molecule is CCC(C)C(NC(=O)C1CCCN1C(=O)C(N)CS)C(=O)NC(CCSC)C(=O)O. The molecule has 1 fully saturated rings. The van der Waals surface area contributed by atoms with E-state index < -0.39 is 42.0 Å². The number of carbonyl (C=O) groups excluding carboxylic acids is 3. The van der Waals surface area contributed by atoms with E-state index in [4.69, 9.17) is 5.73 Å². The lowest BCUT2D eigenvalue weighted by atomic mass is 9.97. The lowest BCUT2D eigenvalue weighted by molar-refractivity contribution is -0.143. The maximum Gasteiger partial charge on any atom is 0.326 e. The van der Waals surface area contributed by atoms with Crippen LogP contribution in [0.25, 0.3) is 0 Å². The summed E-state index contributed by atoms with van der Waals surface area (Å²) in [7, 11) is 0. The van der Waals surface area contributed by atoms with Crippen molar-refractivity contribution in [1.29, 1.82) is 0 Å². The van der Waals surface area contributed by atoms with Gasteiger partial charge in [-0.15, -0.1) is 0 Å². The molecule has 1 aliphatic rings. The number of rotatable bonds is 12. The molecular weight excluding hydrogens is 428 g/mol. The van der Waals surface area contributed by atoms with Gasteiger partial charge in [-0.2, -0.15) is 24.4 Å². The molecule has 1 heterocycles. The molecule has 3 amide bonds. The molecule has 11 heteroatoms. The zero-order chi connectivity index (χ0) is 22.8. The Hall–Kier alpha value is -1.46. The van der Waals surface area contributed by atoms with Crippen LogP contribution in [0.3, 0.4) is 0 Å². The average molecular weight is 463 g/mol. The number of nitrogens with two attached hydrogens (primary N) is 1. The maximum atomic E-state index is 12.9. The highest BCUT2D eigenvalue weighted by Crippen LogP contribution is 2.20. The summed E-state index contributed by atoms with van der Waals surface area (Å²) in [4.78, 5) is 51.1. The summed E-state index contributed by atoms with van der Waals surface area (Å²) in [5.41, 5.74) is 5.78. The molecule has 0 spiro atoms. The van der Waals surface area contributed by atoms with E-state index in [1.807, 2.05) is 20.1 Å². The second-order valence-electron chi connectivity index (χ2n) is 7.53. The second-order valence-corrected chi connectivity index (χ2v) is 8.88. The Morgan fingerprint density at radius 3 is 2.50 bits per heavy atom. The molecule has 30 heavy (non-hydrogen) atoms. The van der Waals surface area contributed by atoms with Crippen molar-refractivity contribution in [2.45, 2.75) is 63.7 Å². The number of likely N-dealkylation sites (tertiary alicyclic amines) is 1. The van der Waals surface area contributed by atoms with Crippen molar-refractivity contribution in [1.82, 2.24) is 15.5 Å². The lowest BCUT2D eigenvalue weighted by Gasteiger charge is -2.30. The Bertz CT molecular complexity index is 622. The van der Waals surface area contributed by atoms with Gasteiger partial charge in [0.1, 0.15) is 18.1 Å². The van der Waals surface area contributed by atoms with E-state index in [0.29, 0.717) is 31.6 Å². The number of hydrogen-bond donors (Lipinski definition) is 5. The Morgan fingerprint density at radius 2 is 1.97 bits per heavy atom. The van der Waals surface area contributed by atoms with Crippen LogP contribution in [0.1, 0.15) is 39.5 Å². The van der Waals surface area contributed by atoms with Gasteiger partial charge in [0.15, 0.2) is 0 Å². The predicted molar refractivity (Wildman–Crippen MR) is 121 cm³/mol. The summed E-state index contributed by atoms with van der Waals surface area (Å²) in [6.07, 6.45) is 3.90. The van der Waals surface area contributed by atoms with Crippen LogP contribution in [0.4, 0.5) is 0 Å². The number of aliphatic carboxylic acids is 1. The van der Waals surface area contributed by atoms with E-state index in [1.165, 1.54) is 16.7 Å². The Morgan fingerprint density at radius 1 is 1.30 bits per heavy atom. The number of carbonyl (C=O) groups is 4. The fraction of sp³-hybridized carbons (Fsp3) is 0.789. The molecule has 0 saturated carbocycles. The van der Waals surface area contributed by atoms with Gasteiger partial charge in [-0.05, 0) is 37.2 Å². The van der Waals surface area contributed by atoms with Gasteiger partial charge in [0.05, 0.1) is 6.04 Å². The highest BCUT2D eigenvalue weighted by atomic mass is 32.2. The van der Waals surface area contributed by atoms with Crippen molar-refractivity contribution in [3.63, 3.8) is 0 Å². The average Bonchev–Trinajstić information content (AvgIpc) is 3.22. The van der Waals surface area contributed by atoms with Crippen molar-refractivity contribution < 1.29 is 24.3 Å². The molecule has 0 aromatic heterocycles. The summed E-state index contributed by atoms with van der Waals surface area (Å²) < 4.78 is 0. The van der Waals surface area contributed by atoms with Crippen LogP contribution in [0, 0.1) is 5.92 Å². The normalized spacial score (nSPS) is 20.2. The van der Waals surface area contributed by atoms with Crippen LogP contribution in [-0.4, -0.2) is 82.2 Å². The quantitative estimate of drug-likeness (QED) is 0.259. The highest BCUT2D eigenvalue weighted by Gasteiger charge is 2.38. The zero-order valence-corrected chi connectivity index (χ0v) is 19.5. The van der Waals surface area contributed by atoms with E-state index in [0.717, 1.165) is 0 Å². The van der Waals surface area contributed by atoms with E-state index in [9.17, 15) is 24.3 Å². The summed E-state index contributed by atoms with van der Waals surface area (Å²) >= 11 is 5.54. The lowest BCUT2D eigenvalue weighted by Crippen LogP contribution is -2.58. The maximum absolute atomic E-state index is 12.9. The number of thioether (sulfide) groups is 1. The van der Waals surface area contributed by atoms with Gasteiger partial charge in [0.25, 0.3) is 0 Å². The van der Waals surface area contributed by atoms with Crippen molar-refractivity contribution >= 4 is 48.1 Å². The van der Waals surface area contributed by atoms with Gasteiger partial charge in [-0.1, -0.05) is 20.3 Å². The minimum Gasteiger partial charge on any atom is -0.480 e. The van der Waals surface area contributed by atoms with Gasteiger partial charge in [0, 0.05) is 12.3 Å². The molecule has 9 nitrogen and oxygen atoms in total. The van der Waals surface area contributed by atoms with E-state index >= 15 is 0 Å². The molecule has 0 bridgehead atoms. The third-order valence-corrected chi connectivity index (χ3v) is 6.41. The highest BCUT2D eigenvalue weighted by molar-refractivity contribution is 7.98. The minimum atomic E-state index is -1.11. The van der Waals surface area contributed by atoms with Gasteiger partial charge in [-0.25, -0.2) is 4.79 Å². The molecular formula is C19H34N4O5S2. The van der Waals surface area contributed by atoms with Crippen LogP contribution in [0.2, 0.25) is 0 Å². The van der Waals surface area contributed by atoms with Crippen molar-refractivity contribution in [3.8, 4) is 0 Å². The molecule has 5 N–H and O–H groups in total. The number of amides is 3. The molecule has 5 unspecified atom stereocenters. The van der Waals surface area contributed by atoms with Crippen LogP contribution in [0.5, 0.6) is 0 Å². The molecule has 0 radical (unpaired) electrons. The Labute approximate surface area is 187 Å². The fourth-order valence-electron chi connectivity index (χ4n) is 3.30. The predicted octanol–water partition coefficient (Wildman–Crippen LogP) is 0.0879. The Balaban J connectivity index is 2.90. The molecule has 1 aliphatic heterocycles. The number of carboxylic acids is 1. The third kappa shape index (κ3) is 7.35. The summed E-state index contributed by atoms with van der Waals surface area (Å²) in [5, 5.41) is 14.7. The first-order valence-electron chi connectivity index (χ1n) is 10.2. The minimum absolute atomic E-state index is 0.175. The Kier molecular flexibility index (Phi) is 11.6. The topological polar surface area (TPSA) is 142 Å². The number of hydrogen-bond acceptors (Lipinski definition) is 7. The van der Waals surface area contributed by atoms with Crippen LogP contribution in [-0.2, 0) is 19.2 Å². The van der Waals surface area contributed by atoms with Crippen molar-refractivity contribution in [2.75, 3.05) is 24.3 Å².